The molecule has 0 aliphatic carbocycles. The van der Waals surface area contributed by atoms with E-state index in [1.807, 2.05) is 6.92 Å². The van der Waals surface area contributed by atoms with Gasteiger partial charge in [0.25, 0.3) is 0 Å². The van der Waals surface area contributed by atoms with Crippen molar-refractivity contribution in [3.63, 3.8) is 0 Å². The van der Waals surface area contributed by atoms with Gasteiger partial charge in [-0.15, -0.1) is 0 Å². The average molecular weight is 424 g/mol. The van der Waals surface area contributed by atoms with Crippen LogP contribution in [0, 0.1) is 5.92 Å². The van der Waals surface area contributed by atoms with E-state index in [4.69, 9.17) is 18.9 Å². The Hall–Kier alpha value is -2.03. The number of rotatable bonds is 12. The van der Waals surface area contributed by atoms with Gasteiger partial charge in [-0.1, -0.05) is 0 Å². The summed E-state index contributed by atoms with van der Waals surface area (Å²) in [4.78, 5) is 4.50. The smallest absolute Gasteiger partial charge is 0.191 e. The van der Waals surface area contributed by atoms with E-state index >= 15 is 0 Å². The molecule has 0 saturated carbocycles. The van der Waals surface area contributed by atoms with Crippen molar-refractivity contribution in [2.75, 3.05) is 60.3 Å². The Morgan fingerprint density at radius 2 is 1.87 bits per heavy atom. The normalized spacial score (nSPS) is 16.2. The number of hydrogen-bond acceptors (Lipinski definition) is 6. The highest BCUT2D eigenvalue weighted by Crippen LogP contribution is 2.26. The molecule has 8 nitrogen and oxygen atoms in total. The first kappa shape index (κ1) is 24.2. The van der Waals surface area contributed by atoms with Gasteiger partial charge in [-0.3, -0.25) is 4.99 Å². The molecular weight excluding hydrogens is 386 g/mol. The van der Waals surface area contributed by atoms with Crippen molar-refractivity contribution in [1.82, 2.24) is 10.6 Å². The summed E-state index contributed by atoms with van der Waals surface area (Å²) in [5, 5.41) is 17.0. The fourth-order valence-electron chi connectivity index (χ4n) is 3.19. The number of nitrogens with zero attached hydrogens (tertiary/aromatic N) is 1. The fraction of sp³-hybridized carbons (Fsp3) is 0.682. The lowest BCUT2D eigenvalue weighted by molar-refractivity contribution is 0.0203. The zero-order chi connectivity index (χ0) is 21.6. The van der Waals surface area contributed by atoms with Crippen LogP contribution in [0.5, 0.6) is 11.5 Å². The van der Waals surface area contributed by atoms with Gasteiger partial charge in [0.1, 0.15) is 11.5 Å². The molecule has 1 saturated heterocycles. The SMILES string of the molecule is CCNC(=NCC(O)c1cc(OC)cc(OC)c1)NCCCOCC1CCOCC1. The molecule has 0 bridgehead atoms. The number of benzene rings is 1. The van der Waals surface area contributed by atoms with Crippen LogP contribution in [-0.4, -0.2) is 71.3 Å². The maximum absolute atomic E-state index is 10.5. The van der Waals surface area contributed by atoms with Gasteiger partial charge >= 0.3 is 0 Å². The molecule has 1 aromatic rings. The Bertz CT molecular complexity index is 613. The molecule has 1 aromatic carbocycles. The van der Waals surface area contributed by atoms with Gasteiger partial charge < -0.3 is 34.7 Å². The van der Waals surface area contributed by atoms with Crippen molar-refractivity contribution in [3.05, 3.63) is 23.8 Å². The minimum Gasteiger partial charge on any atom is -0.497 e. The minimum atomic E-state index is -0.757. The number of ether oxygens (including phenoxy) is 4. The standard InChI is InChI=1S/C22H37N3O5/c1-4-23-22(24-8-5-9-30-16-17-6-10-29-11-7-17)25-15-21(26)18-12-19(27-2)14-20(13-18)28-3/h12-14,17,21,26H,4-11,15-16H2,1-3H3,(H2,23,24,25). The zero-order valence-corrected chi connectivity index (χ0v) is 18.5. The largest absolute Gasteiger partial charge is 0.497 e. The lowest BCUT2D eigenvalue weighted by atomic mass is 10.0. The molecule has 1 fully saturated rings. The van der Waals surface area contributed by atoms with Gasteiger partial charge in [-0.25, -0.2) is 0 Å². The first-order chi connectivity index (χ1) is 14.7. The van der Waals surface area contributed by atoms with Crippen molar-refractivity contribution >= 4 is 5.96 Å². The molecule has 8 heteroatoms. The Morgan fingerprint density at radius 1 is 1.17 bits per heavy atom. The molecule has 30 heavy (non-hydrogen) atoms. The number of nitrogens with one attached hydrogen (secondary N) is 2. The molecule has 0 aromatic heterocycles. The third-order valence-corrected chi connectivity index (χ3v) is 4.98. The number of aliphatic imine (C=N–C) groups is 1. The summed E-state index contributed by atoms with van der Waals surface area (Å²) in [5.74, 6) is 2.58. The van der Waals surface area contributed by atoms with E-state index in [1.165, 1.54) is 0 Å². The fourth-order valence-corrected chi connectivity index (χ4v) is 3.19. The van der Waals surface area contributed by atoms with E-state index in [9.17, 15) is 5.11 Å². The second-order valence-electron chi connectivity index (χ2n) is 7.29. The van der Waals surface area contributed by atoms with Crippen molar-refractivity contribution in [1.29, 1.82) is 0 Å². The van der Waals surface area contributed by atoms with Gasteiger partial charge in [-0.2, -0.15) is 0 Å². The van der Waals surface area contributed by atoms with Crippen molar-refractivity contribution in [2.45, 2.75) is 32.3 Å². The monoisotopic (exact) mass is 423 g/mol. The third kappa shape index (κ3) is 8.77. The van der Waals surface area contributed by atoms with Crippen molar-refractivity contribution in [2.24, 2.45) is 10.9 Å². The summed E-state index contributed by atoms with van der Waals surface area (Å²) in [6.45, 7) is 6.98. The van der Waals surface area contributed by atoms with Crippen LogP contribution in [0.15, 0.2) is 23.2 Å². The Balaban J connectivity index is 1.75. The van der Waals surface area contributed by atoms with Crippen LogP contribution in [-0.2, 0) is 9.47 Å². The molecule has 1 heterocycles. The van der Waals surface area contributed by atoms with Crippen LogP contribution < -0.4 is 20.1 Å². The highest BCUT2D eigenvalue weighted by atomic mass is 16.5. The molecule has 0 spiro atoms. The average Bonchev–Trinajstić information content (AvgIpc) is 2.79. The molecule has 1 unspecified atom stereocenters. The van der Waals surface area contributed by atoms with Crippen LogP contribution in [0.2, 0.25) is 0 Å². The molecule has 0 radical (unpaired) electrons. The number of aliphatic hydroxyl groups is 1. The van der Waals surface area contributed by atoms with Gasteiger partial charge in [0.05, 0.1) is 26.9 Å². The van der Waals surface area contributed by atoms with E-state index in [2.05, 4.69) is 15.6 Å². The lowest BCUT2D eigenvalue weighted by Crippen LogP contribution is -2.38. The molecular formula is C22H37N3O5. The van der Waals surface area contributed by atoms with E-state index in [0.29, 0.717) is 28.9 Å². The maximum atomic E-state index is 10.5. The molecule has 2 rings (SSSR count). The topological polar surface area (TPSA) is 93.6 Å². The number of methoxy groups -OCH3 is 2. The summed E-state index contributed by atoms with van der Waals surface area (Å²) in [6, 6.07) is 5.35. The second-order valence-corrected chi connectivity index (χ2v) is 7.29. The number of hydrogen-bond donors (Lipinski definition) is 3. The van der Waals surface area contributed by atoms with Crippen molar-refractivity contribution in [3.8, 4) is 11.5 Å². The molecule has 1 aliphatic heterocycles. The highest BCUT2D eigenvalue weighted by Gasteiger charge is 2.14. The molecule has 0 amide bonds. The summed E-state index contributed by atoms with van der Waals surface area (Å²) in [6.07, 6.45) is 2.32. The first-order valence-corrected chi connectivity index (χ1v) is 10.7. The van der Waals surface area contributed by atoms with Gasteiger partial charge in [0.15, 0.2) is 5.96 Å². The molecule has 3 N–H and O–H groups in total. The van der Waals surface area contributed by atoms with Crippen LogP contribution in [0.4, 0.5) is 0 Å². The van der Waals surface area contributed by atoms with E-state index in [0.717, 1.165) is 58.8 Å². The molecule has 1 atom stereocenters. The Kier molecular flexibility index (Phi) is 11.4. The molecule has 1 aliphatic rings. The second kappa shape index (κ2) is 14.1. The predicted octanol–water partition coefficient (Wildman–Crippen LogP) is 2.13. The van der Waals surface area contributed by atoms with Crippen LogP contribution in [0.1, 0.15) is 37.9 Å². The summed E-state index contributed by atoms with van der Waals surface area (Å²) in [7, 11) is 3.17. The maximum Gasteiger partial charge on any atom is 0.191 e. The van der Waals surface area contributed by atoms with Gasteiger partial charge in [-0.05, 0) is 49.8 Å². The van der Waals surface area contributed by atoms with Crippen molar-refractivity contribution < 1.29 is 24.1 Å². The number of aliphatic hydroxyl groups excluding tert-OH is 1. The van der Waals surface area contributed by atoms with E-state index < -0.39 is 6.10 Å². The predicted molar refractivity (Wildman–Crippen MR) is 117 cm³/mol. The van der Waals surface area contributed by atoms with Crippen LogP contribution in [0.3, 0.4) is 0 Å². The van der Waals surface area contributed by atoms with Crippen LogP contribution >= 0.6 is 0 Å². The van der Waals surface area contributed by atoms with Gasteiger partial charge in [0.2, 0.25) is 0 Å². The van der Waals surface area contributed by atoms with E-state index in [-0.39, 0.29) is 6.54 Å². The summed E-state index contributed by atoms with van der Waals surface area (Å²) >= 11 is 0. The Labute approximate surface area is 180 Å². The summed E-state index contributed by atoms with van der Waals surface area (Å²) in [5.41, 5.74) is 0.701. The Morgan fingerprint density at radius 3 is 2.50 bits per heavy atom. The minimum absolute atomic E-state index is 0.228. The molecule has 170 valence electrons. The highest BCUT2D eigenvalue weighted by molar-refractivity contribution is 5.79. The third-order valence-electron chi connectivity index (χ3n) is 4.98. The lowest BCUT2D eigenvalue weighted by Gasteiger charge is -2.21. The quantitative estimate of drug-likeness (QED) is 0.269. The number of guanidine groups is 1. The van der Waals surface area contributed by atoms with Crippen LogP contribution in [0.25, 0.3) is 0 Å². The van der Waals surface area contributed by atoms with Gasteiger partial charge in [0, 0.05) is 45.6 Å². The first-order valence-electron chi connectivity index (χ1n) is 10.7. The zero-order valence-electron chi connectivity index (χ0n) is 18.5. The summed E-state index contributed by atoms with van der Waals surface area (Å²) < 4.78 is 21.7. The van der Waals surface area contributed by atoms with E-state index in [1.54, 1.807) is 32.4 Å².